The molecule has 0 aliphatic heterocycles. The Morgan fingerprint density at radius 2 is 1.58 bits per heavy atom. The normalized spacial score (nSPS) is 12.7. The Kier molecular flexibility index (Phi) is 6.30. The lowest BCUT2D eigenvalue weighted by atomic mass is 10.1. The second-order valence-corrected chi connectivity index (χ2v) is 7.57. The molecule has 0 aliphatic rings. The van der Waals surface area contributed by atoms with Crippen molar-refractivity contribution in [2.24, 2.45) is 0 Å². The Labute approximate surface area is 182 Å². The molecule has 0 aliphatic carbocycles. The van der Waals surface area contributed by atoms with Gasteiger partial charge in [0.25, 0.3) is 0 Å². The Balaban J connectivity index is 2.22. The predicted octanol–water partition coefficient (Wildman–Crippen LogP) is 6.47. The topological polar surface area (TPSA) is 69.6 Å². The van der Waals surface area contributed by atoms with E-state index in [0.717, 1.165) is 29.5 Å². The van der Waals surface area contributed by atoms with E-state index in [-0.39, 0.29) is 15.7 Å². The van der Waals surface area contributed by atoms with Crippen LogP contribution in [0.15, 0.2) is 12.1 Å². The average molecular weight is 486 g/mol. The molecule has 0 atom stereocenters. The van der Waals surface area contributed by atoms with Gasteiger partial charge in [0.2, 0.25) is 5.82 Å². The van der Waals surface area contributed by atoms with Crippen LogP contribution in [0.5, 0.6) is 0 Å². The zero-order chi connectivity index (χ0) is 23.1. The van der Waals surface area contributed by atoms with Crippen LogP contribution in [-0.2, 0) is 18.8 Å². The maximum absolute atomic E-state index is 13.4. The Hall–Kier alpha value is -2.27. The quantitative estimate of drug-likeness (QED) is 0.331. The minimum atomic E-state index is -5.24. The first-order valence-electron chi connectivity index (χ1n) is 9.03. The molecule has 31 heavy (non-hydrogen) atoms. The van der Waals surface area contributed by atoms with Crippen LogP contribution < -0.4 is 5.73 Å². The number of unbranched alkanes of at least 4 members (excludes halogenated alkanes) is 2. The third-order valence-electron chi connectivity index (χ3n) is 4.45. The van der Waals surface area contributed by atoms with Crippen LogP contribution in [0.3, 0.4) is 0 Å². The number of halogens is 8. The van der Waals surface area contributed by atoms with Gasteiger partial charge in [0.05, 0.1) is 15.4 Å². The van der Waals surface area contributed by atoms with E-state index in [1.807, 2.05) is 6.92 Å². The molecule has 1 aromatic carbocycles. The molecular formula is C18H15Cl2F6N5. The van der Waals surface area contributed by atoms with E-state index in [1.54, 1.807) is 12.1 Å². The van der Waals surface area contributed by atoms with Gasteiger partial charge in [-0.3, -0.25) is 0 Å². The van der Waals surface area contributed by atoms with Gasteiger partial charge >= 0.3 is 12.4 Å². The number of nitrogens with zero attached hydrogens (tertiary/aromatic N) is 4. The highest BCUT2D eigenvalue weighted by atomic mass is 35.5. The molecule has 0 saturated carbocycles. The van der Waals surface area contributed by atoms with Gasteiger partial charge in [-0.25, -0.2) is 14.6 Å². The predicted molar refractivity (Wildman–Crippen MR) is 104 cm³/mol. The highest BCUT2D eigenvalue weighted by molar-refractivity contribution is 6.38. The SMILES string of the molecule is CCCCCc1cc(Cl)c(-n2nc3nc(C(F)(F)F)nc(C(F)(F)F)c3c2N)c(Cl)c1. The largest absolute Gasteiger partial charge is 0.451 e. The van der Waals surface area contributed by atoms with Gasteiger partial charge in [0, 0.05) is 0 Å². The van der Waals surface area contributed by atoms with E-state index in [0.29, 0.717) is 6.42 Å². The molecule has 0 unspecified atom stereocenters. The van der Waals surface area contributed by atoms with Crippen molar-refractivity contribution >= 4 is 40.1 Å². The fourth-order valence-corrected chi connectivity index (χ4v) is 3.75. The van der Waals surface area contributed by atoms with Gasteiger partial charge in [-0.15, -0.1) is 5.10 Å². The molecule has 168 valence electrons. The van der Waals surface area contributed by atoms with Crippen LogP contribution in [0.2, 0.25) is 10.0 Å². The molecule has 5 nitrogen and oxygen atoms in total. The first kappa shape index (κ1) is 23.4. The van der Waals surface area contributed by atoms with E-state index in [9.17, 15) is 26.3 Å². The molecule has 2 heterocycles. The smallest absolute Gasteiger partial charge is 0.383 e. The summed E-state index contributed by atoms with van der Waals surface area (Å²) in [5.41, 5.74) is 3.81. The van der Waals surface area contributed by atoms with E-state index in [1.165, 1.54) is 0 Å². The number of alkyl halides is 6. The summed E-state index contributed by atoms with van der Waals surface area (Å²) in [6.45, 7) is 2.04. The van der Waals surface area contributed by atoms with Gasteiger partial charge in [0.1, 0.15) is 11.5 Å². The maximum Gasteiger partial charge on any atom is 0.451 e. The van der Waals surface area contributed by atoms with Gasteiger partial charge in [0.15, 0.2) is 11.3 Å². The minimum Gasteiger partial charge on any atom is -0.383 e. The van der Waals surface area contributed by atoms with E-state index < -0.39 is 40.7 Å². The van der Waals surface area contributed by atoms with Gasteiger partial charge in [-0.05, 0) is 30.5 Å². The summed E-state index contributed by atoms with van der Waals surface area (Å²) in [5, 5.41) is 2.90. The van der Waals surface area contributed by atoms with Crippen molar-refractivity contribution in [2.75, 3.05) is 5.73 Å². The number of nitrogens with two attached hydrogens (primary N) is 1. The van der Waals surface area contributed by atoms with E-state index in [2.05, 4.69) is 15.1 Å². The molecule has 2 aromatic heterocycles. The lowest BCUT2D eigenvalue weighted by Crippen LogP contribution is -2.17. The summed E-state index contributed by atoms with van der Waals surface area (Å²) in [6.07, 6.45) is -6.93. The van der Waals surface area contributed by atoms with Crippen LogP contribution in [0.1, 0.15) is 43.3 Å². The second-order valence-electron chi connectivity index (χ2n) is 6.75. The molecule has 3 aromatic rings. The first-order valence-corrected chi connectivity index (χ1v) is 9.79. The average Bonchev–Trinajstić information content (AvgIpc) is 2.96. The third kappa shape index (κ3) is 4.67. The van der Waals surface area contributed by atoms with E-state index >= 15 is 0 Å². The Bertz CT molecular complexity index is 1100. The maximum atomic E-state index is 13.4. The molecule has 0 spiro atoms. The summed E-state index contributed by atoms with van der Waals surface area (Å²) in [7, 11) is 0. The molecule has 0 saturated heterocycles. The number of aryl methyl sites for hydroxylation is 1. The fourth-order valence-electron chi connectivity index (χ4n) is 3.06. The molecule has 13 heteroatoms. The molecule has 3 rings (SSSR count). The van der Waals surface area contributed by atoms with Crippen molar-refractivity contribution in [3.05, 3.63) is 39.3 Å². The number of hydrogen-bond acceptors (Lipinski definition) is 4. The van der Waals surface area contributed by atoms with Crippen LogP contribution in [0.25, 0.3) is 16.7 Å². The van der Waals surface area contributed by atoms with Crippen molar-refractivity contribution in [3.8, 4) is 5.69 Å². The number of aromatic nitrogens is 4. The number of anilines is 1. The number of fused-ring (bicyclic) bond motifs is 1. The summed E-state index contributed by atoms with van der Waals surface area (Å²) in [6, 6.07) is 3.11. The fraction of sp³-hybridized carbons (Fsp3) is 0.389. The van der Waals surface area contributed by atoms with Crippen molar-refractivity contribution in [1.29, 1.82) is 0 Å². The van der Waals surface area contributed by atoms with Crippen molar-refractivity contribution in [1.82, 2.24) is 19.7 Å². The van der Waals surface area contributed by atoms with Gasteiger partial charge in [-0.2, -0.15) is 26.3 Å². The Morgan fingerprint density at radius 1 is 0.968 bits per heavy atom. The summed E-state index contributed by atoms with van der Waals surface area (Å²) in [4.78, 5) is 5.77. The standard InChI is InChI=1S/C18H15Cl2F6N5/c1-2-3-4-5-8-6-9(19)12(10(20)7-8)31-14(27)11-13(17(21,22)23)28-16(18(24,25)26)29-15(11)30-31/h6-7H,2-5,27H2,1H3. The van der Waals surface area contributed by atoms with E-state index in [4.69, 9.17) is 28.9 Å². The molecular weight excluding hydrogens is 471 g/mol. The van der Waals surface area contributed by atoms with Gasteiger partial charge < -0.3 is 5.73 Å². The summed E-state index contributed by atoms with van der Waals surface area (Å²) >= 11 is 12.6. The molecule has 2 N–H and O–H groups in total. The second kappa shape index (κ2) is 8.34. The summed E-state index contributed by atoms with van der Waals surface area (Å²) < 4.78 is 80.1. The first-order chi connectivity index (χ1) is 14.3. The van der Waals surface area contributed by atoms with Crippen LogP contribution >= 0.6 is 23.2 Å². The third-order valence-corrected chi connectivity index (χ3v) is 5.02. The molecule has 0 amide bonds. The highest BCUT2D eigenvalue weighted by Crippen LogP contribution is 2.40. The van der Waals surface area contributed by atoms with Crippen LogP contribution in [0.4, 0.5) is 32.2 Å². The zero-order valence-corrected chi connectivity index (χ0v) is 17.4. The van der Waals surface area contributed by atoms with Crippen molar-refractivity contribution in [2.45, 2.75) is 45.0 Å². The monoisotopic (exact) mass is 485 g/mol. The van der Waals surface area contributed by atoms with Crippen molar-refractivity contribution in [3.63, 3.8) is 0 Å². The van der Waals surface area contributed by atoms with Crippen molar-refractivity contribution < 1.29 is 26.3 Å². The lowest BCUT2D eigenvalue weighted by Gasteiger charge is -2.12. The molecule has 0 bridgehead atoms. The zero-order valence-electron chi connectivity index (χ0n) is 15.9. The number of nitrogen functional groups attached to an aromatic ring is 1. The summed E-state index contributed by atoms with van der Waals surface area (Å²) in [5.74, 6) is -2.63. The Morgan fingerprint density at radius 3 is 2.10 bits per heavy atom. The number of rotatable bonds is 5. The van der Waals surface area contributed by atoms with Gasteiger partial charge in [-0.1, -0.05) is 43.0 Å². The highest BCUT2D eigenvalue weighted by Gasteiger charge is 2.43. The van der Waals surface area contributed by atoms with Crippen LogP contribution in [-0.4, -0.2) is 19.7 Å². The molecule has 0 radical (unpaired) electrons. The number of benzene rings is 1. The molecule has 0 fully saturated rings. The van der Waals surface area contributed by atoms with Crippen LogP contribution in [0, 0.1) is 0 Å². The lowest BCUT2D eigenvalue weighted by molar-refractivity contribution is -0.151. The minimum absolute atomic E-state index is 0.0241. The number of hydrogen-bond donors (Lipinski definition) is 1.